The molecule has 68 valence electrons. The zero-order chi connectivity index (χ0) is 9.68. The van der Waals surface area contributed by atoms with Gasteiger partial charge in [0.15, 0.2) is 0 Å². The molecule has 4 heteroatoms. The van der Waals surface area contributed by atoms with Crippen molar-refractivity contribution in [2.45, 2.75) is 0 Å². The number of rotatable bonds is 2. The number of aromatic nitrogens is 1. The van der Waals surface area contributed by atoms with Gasteiger partial charge in [-0.15, -0.1) is 0 Å². The molecule has 0 radical (unpaired) electrons. The number of carbonyl (C=O) groups excluding carboxylic acids is 1. The van der Waals surface area contributed by atoms with Crippen molar-refractivity contribution in [1.82, 2.24) is 10.3 Å². The molecule has 0 unspecified atom stereocenters. The largest absolute Gasteiger partial charge is 0.404 e. The Kier molecular flexibility index (Phi) is 3.03. The summed E-state index contributed by atoms with van der Waals surface area (Å²) in [5.41, 5.74) is 6.47. The summed E-state index contributed by atoms with van der Waals surface area (Å²) < 4.78 is 0. The highest BCUT2D eigenvalue weighted by Crippen LogP contribution is 2.10. The van der Waals surface area contributed by atoms with Crippen LogP contribution in [-0.4, -0.2) is 17.9 Å². The molecule has 0 saturated carbocycles. The molecule has 0 bridgehead atoms. The van der Waals surface area contributed by atoms with Gasteiger partial charge >= 0.3 is 0 Å². The predicted molar refractivity (Wildman–Crippen MR) is 50.5 cm³/mol. The van der Waals surface area contributed by atoms with Crippen molar-refractivity contribution < 1.29 is 4.79 Å². The molecular formula is C9H11N3O. The smallest absolute Gasteiger partial charge is 0.253 e. The van der Waals surface area contributed by atoms with Crippen LogP contribution in [0.1, 0.15) is 5.56 Å². The van der Waals surface area contributed by atoms with Crippen LogP contribution in [0.2, 0.25) is 0 Å². The van der Waals surface area contributed by atoms with Crippen LogP contribution in [0.15, 0.2) is 30.7 Å². The van der Waals surface area contributed by atoms with E-state index in [1.54, 1.807) is 31.6 Å². The first kappa shape index (κ1) is 9.25. The average Bonchev–Trinajstić information content (AvgIpc) is 2.20. The third kappa shape index (κ3) is 2.05. The number of nitrogens with one attached hydrogen (secondary N) is 1. The van der Waals surface area contributed by atoms with Crippen LogP contribution >= 0.6 is 0 Å². The van der Waals surface area contributed by atoms with E-state index >= 15 is 0 Å². The molecule has 0 spiro atoms. The highest BCUT2D eigenvalue weighted by atomic mass is 16.1. The fourth-order valence-electron chi connectivity index (χ4n) is 0.960. The average molecular weight is 177 g/mol. The summed E-state index contributed by atoms with van der Waals surface area (Å²) in [5, 5.41) is 2.50. The fourth-order valence-corrected chi connectivity index (χ4v) is 0.960. The molecule has 0 aliphatic rings. The second-order valence-electron chi connectivity index (χ2n) is 2.40. The summed E-state index contributed by atoms with van der Waals surface area (Å²) >= 11 is 0. The first-order valence-corrected chi connectivity index (χ1v) is 3.84. The van der Waals surface area contributed by atoms with Gasteiger partial charge in [-0.05, 0) is 6.07 Å². The third-order valence-electron chi connectivity index (χ3n) is 1.61. The maximum Gasteiger partial charge on any atom is 0.253 e. The lowest BCUT2D eigenvalue weighted by molar-refractivity contribution is -0.115. The molecule has 1 aromatic heterocycles. The second-order valence-corrected chi connectivity index (χ2v) is 2.40. The monoisotopic (exact) mass is 177 g/mol. The van der Waals surface area contributed by atoms with E-state index in [1.165, 1.54) is 6.20 Å². The number of nitrogens with two attached hydrogens (primary N) is 1. The Morgan fingerprint density at radius 2 is 2.46 bits per heavy atom. The van der Waals surface area contributed by atoms with Crippen molar-refractivity contribution in [3.8, 4) is 0 Å². The zero-order valence-electron chi connectivity index (χ0n) is 7.32. The zero-order valence-corrected chi connectivity index (χ0v) is 7.32. The van der Waals surface area contributed by atoms with E-state index in [0.29, 0.717) is 11.1 Å². The summed E-state index contributed by atoms with van der Waals surface area (Å²) in [7, 11) is 1.56. The lowest BCUT2D eigenvalue weighted by Crippen LogP contribution is -2.20. The van der Waals surface area contributed by atoms with Crippen molar-refractivity contribution in [2.24, 2.45) is 5.73 Å². The van der Waals surface area contributed by atoms with E-state index in [1.807, 2.05) is 0 Å². The minimum absolute atomic E-state index is 0.212. The summed E-state index contributed by atoms with van der Waals surface area (Å²) in [4.78, 5) is 15.2. The van der Waals surface area contributed by atoms with Gasteiger partial charge in [0.1, 0.15) is 0 Å². The molecule has 0 saturated heterocycles. The fraction of sp³-hybridized carbons (Fsp3) is 0.111. The molecule has 13 heavy (non-hydrogen) atoms. The SMILES string of the molecule is CNC(=O)/C(=C/N)c1cccnc1. The molecule has 4 nitrogen and oxygen atoms in total. The Morgan fingerprint density at radius 1 is 1.69 bits per heavy atom. The molecular weight excluding hydrogens is 166 g/mol. The summed E-state index contributed by atoms with van der Waals surface area (Å²) in [6.45, 7) is 0. The quantitative estimate of drug-likeness (QED) is 0.631. The molecule has 0 fully saturated rings. The van der Waals surface area contributed by atoms with E-state index in [2.05, 4.69) is 10.3 Å². The van der Waals surface area contributed by atoms with E-state index in [4.69, 9.17) is 5.73 Å². The lowest BCUT2D eigenvalue weighted by Gasteiger charge is -2.03. The molecule has 3 N–H and O–H groups in total. The first-order chi connectivity index (χ1) is 6.29. The van der Waals surface area contributed by atoms with Gasteiger partial charge in [0.25, 0.3) is 5.91 Å². The van der Waals surface area contributed by atoms with Gasteiger partial charge in [-0.3, -0.25) is 9.78 Å². The van der Waals surface area contributed by atoms with Gasteiger partial charge < -0.3 is 11.1 Å². The van der Waals surface area contributed by atoms with Crippen molar-refractivity contribution in [1.29, 1.82) is 0 Å². The van der Waals surface area contributed by atoms with E-state index in [9.17, 15) is 4.79 Å². The Bertz CT molecular complexity index is 319. The van der Waals surface area contributed by atoms with Gasteiger partial charge in [-0.1, -0.05) is 6.07 Å². The van der Waals surface area contributed by atoms with Gasteiger partial charge in [0.2, 0.25) is 0 Å². The lowest BCUT2D eigenvalue weighted by atomic mass is 10.1. The highest BCUT2D eigenvalue weighted by Gasteiger charge is 2.08. The van der Waals surface area contributed by atoms with Crippen LogP contribution in [0.3, 0.4) is 0 Å². The van der Waals surface area contributed by atoms with Crippen molar-refractivity contribution in [3.05, 3.63) is 36.3 Å². The summed E-state index contributed by atoms with van der Waals surface area (Å²) in [5.74, 6) is -0.212. The molecule has 1 rings (SSSR count). The Labute approximate surface area is 76.5 Å². The first-order valence-electron chi connectivity index (χ1n) is 3.84. The molecule has 1 heterocycles. The van der Waals surface area contributed by atoms with E-state index in [-0.39, 0.29) is 5.91 Å². The van der Waals surface area contributed by atoms with Crippen LogP contribution in [0.5, 0.6) is 0 Å². The van der Waals surface area contributed by atoms with Crippen LogP contribution < -0.4 is 11.1 Å². The number of hydrogen-bond acceptors (Lipinski definition) is 3. The van der Waals surface area contributed by atoms with Gasteiger partial charge in [0.05, 0.1) is 5.57 Å². The standard InChI is InChI=1S/C9H11N3O/c1-11-9(13)8(5-10)7-3-2-4-12-6-7/h2-6H,10H2,1H3,(H,11,13)/b8-5+. The Hall–Kier alpha value is -1.84. The van der Waals surface area contributed by atoms with Crippen molar-refractivity contribution in [3.63, 3.8) is 0 Å². The van der Waals surface area contributed by atoms with Gasteiger partial charge in [0, 0.05) is 31.2 Å². The molecule has 0 aliphatic carbocycles. The van der Waals surface area contributed by atoms with Crippen molar-refractivity contribution >= 4 is 11.5 Å². The molecule has 0 aliphatic heterocycles. The normalized spacial score (nSPS) is 11.0. The van der Waals surface area contributed by atoms with Crippen molar-refractivity contribution in [2.75, 3.05) is 7.05 Å². The van der Waals surface area contributed by atoms with Crippen LogP contribution in [0.25, 0.3) is 5.57 Å². The molecule has 1 amide bonds. The summed E-state index contributed by atoms with van der Waals surface area (Å²) in [6, 6.07) is 3.53. The Morgan fingerprint density at radius 3 is 2.92 bits per heavy atom. The van der Waals surface area contributed by atoms with Gasteiger partial charge in [-0.2, -0.15) is 0 Å². The Balaban J connectivity index is 3.00. The molecule has 1 aromatic rings. The molecule has 0 aromatic carbocycles. The minimum Gasteiger partial charge on any atom is -0.404 e. The number of carbonyl (C=O) groups is 1. The maximum atomic E-state index is 11.3. The minimum atomic E-state index is -0.212. The number of pyridine rings is 1. The van der Waals surface area contributed by atoms with Gasteiger partial charge in [-0.25, -0.2) is 0 Å². The van der Waals surface area contributed by atoms with Crippen LogP contribution in [0, 0.1) is 0 Å². The topological polar surface area (TPSA) is 68.0 Å². The summed E-state index contributed by atoms with van der Waals surface area (Å²) in [6.07, 6.45) is 4.51. The third-order valence-corrected chi connectivity index (χ3v) is 1.61. The highest BCUT2D eigenvalue weighted by molar-refractivity contribution is 6.19. The number of likely N-dealkylation sites (N-methyl/N-ethyl adjacent to an activating group) is 1. The maximum absolute atomic E-state index is 11.3. The van der Waals surface area contributed by atoms with E-state index in [0.717, 1.165) is 0 Å². The van der Waals surface area contributed by atoms with E-state index < -0.39 is 0 Å². The molecule has 0 atom stereocenters. The van der Waals surface area contributed by atoms with Crippen LogP contribution in [-0.2, 0) is 4.79 Å². The predicted octanol–water partition coefficient (Wildman–Crippen LogP) is 0.127. The van der Waals surface area contributed by atoms with Crippen LogP contribution in [0.4, 0.5) is 0 Å². The number of amides is 1. The second kappa shape index (κ2) is 4.25. The number of hydrogen-bond donors (Lipinski definition) is 2. The number of nitrogens with zero attached hydrogens (tertiary/aromatic N) is 1.